The summed E-state index contributed by atoms with van der Waals surface area (Å²) in [5, 5.41) is 2.46. The maximum atomic E-state index is 13.5. The zero-order valence-corrected chi connectivity index (χ0v) is 12.1. The molecular weight excluding hydrogens is 285 g/mol. The van der Waals surface area contributed by atoms with Gasteiger partial charge in [0.1, 0.15) is 12.4 Å². The summed E-state index contributed by atoms with van der Waals surface area (Å²) in [6.45, 7) is 1.50. The quantitative estimate of drug-likeness (QED) is 0.921. The number of anilines is 1. The summed E-state index contributed by atoms with van der Waals surface area (Å²) in [5.41, 5.74) is 0.911. The van der Waals surface area contributed by atoms with E-state index in [0.29, 0.717) is 0 Å². The maximum absolute atomic E-state index is 13.5. The van der Waals surface area contributed by atoms with Gasteiger partial charge in [-0.15, -0.1) is 0 Å². The van der Waals surface area contributed by atoms with Gasteiger partial charge in [0.2, 0.25) is 11.8 Å². The van der Waals surface area contributed by atoms with Gasteiger partial charge < -0.3 is 10.2 Å². The van der Waals surface area contributed by atoms with Crippen LogP contribution in [0, 0.1) is 5.82 Å². The topological polar surface area (TPSA) is 62.3 Å². The molecule has 0 fully saturated rings. The molecule has 2 aromatic rings. The Morgan fingerprint density at radius 3 is 2.64 bits per heavy atom. The third kappa shape index (κ3) is 4.37. The van der Waals surface area contributed by atoms with Crippen molar-refractivity contribution in [3.8, 4) is 0 Å². The molecule has 0 aliphatic carbocycles. The van der Waals surface area contributed by atoms with Crippen LogP contribution in [-0.4, -0.2) is 28.2 Å². The molecule has 0 saturated carbocycles. The molecule has 2 rings (SSSR count). The molecule has 0 aliphatic heterocycles. The number of hydrogen-bond acceptors (Lipinski definition) is 3. The first-order chi connectivity index (χ1) is 10.6. The SMILES string of the molecule is CC(=O)N(CC(=O)Nc1ccccc1F)Cc1cccnc1. The largest absolute Gasteiger partial charge is 0.329 e. The molecule has 1 N–H and O–H groups in total. The first-order valence-corrected chi connectivity index (χ1v) is 6.75. The highest BCUT2D eigenvalue weighted by atomic mass is 19.1. The molecular formula is C16H16FN3O2. The molecule has 0 aliphatic rings. The first kappa shape index (κ1) is 15.6. The first-order valence-electron chi connectivity index (χ1n) is 6.75. The van der Waals surface area contributed by atoms with Gasteiger partial charge in [-0.1, -0.05) is 18.2 Å². The number of hydrogen-bond donors (Lipinski definition) is 1. The molecule has 0 saturated heterocycles. The molecule has 2 amide bonds. The van der Waals surface area contributed by atoms with Crippen LogP contribution in [0.15, 0.2) is 48.8 Å². The summed E-state index contributed by atoms with van der Waals surface area (Å²) in [6, 6.07) is 9.46. The Labute approximate surface area is 127 Å². The van der Waals surface area contributed by atoms with Gasteiger partial charge in [0.15, 0.2) is 0 Å². The summed E-state index contributed by atoms with van der Waals surface area (Å²) >= 11 is 0. The fraction of sp³-hybridized carbons (Fsp3) is 0.188. The molecule has 0 atom stereocenters. The van der Waals surface area contributed by atoms with Crippen molar-refractivity contribution in [2.75, 3.05) is 11.9 Å². The van der Waals surface area contributed by atoms with Crippen LogP contribution in [0.3, 0.4) is 0 Å². The summed E-state index contributed by atoms with van der Waals surface area (Å²) in [5.74, 6) is -1.21. The molecule has 1 aromatic heterocycles. The molecule has 0 bridgehead atoms. The predicted octanol–water partition coefficient (Wildman–Crippen LogP) is 2.21. The zero-order valence-electron chi connectivity index (χ0n) is 12.1. The van der Waals surface area contributed by atoms with Gasteiger partial charge in [0, 0.05) is 25.9 Å². The van der Waals surface area contributed by atoms with E-state index in [1.165, 1.54) is 30.0 Å². The van der Waals surface area contributed by atoms with Gasteiger partial charge in [-0.3, -0.25) is 14.6 Å². The summed E-state index contributed by atoms with van der Waals surface area (Å²) in [4.78, 5) is 29.0. The lowest BCUT2D eigenvalue weighted by Crippen LogP contribution is -2.36. The second kappa shape index (κ2) is 7.31. The maximum Gasteiger partial charge on any atom is 0.244 e. The Balaban J connectivity index is 2.00. The normalized spacial score (nSPS) is 10.1. The highest BCUT2D eigenvalue weighted by molar-refractivity contribution is 5.94. The van der Waals surface area contributed by atoms with Crippen LogP contribution in [0.5, 0.6) is 0 Å². The van der Waals surface area contributed by atoms with Crippen molar-refractivity contribution in [1.29, 1.82) is 0 Å². The van der Waals surface area contributed by atoms with Crippen molar-refractivity contribution in [2.45, 2.75) is 13.5 Å². The van der Waals surface area contributed by atoms with Gasteiger partial charge in [-0.05, 0) is 23.8 Å². The lowest BCUT2D eigenvalue weighted by molar-refractivity contribution is -0.133. The fourth-order valence-corrected chi connectivity index (χ4v) is 1.92. The summed E-state index contributed by atoms with van der Waals surface area (Å²) in [7, 11) is 0. The molecule has 6 heteroatoms. The minimum absolute atomic E-state index is 0.0948. The Morgan fingerprint density at radius 2 is 2.00 bits per heavy atom. The molecule has 0 radical (unpaired) electrons. The van der Waals surface area contributed by atoms with Crippen LogP contribution in [0.1, 0.15) is 12.5 Å². The van der Waals surface area contributed by atoms with Crippen LogP contribution in [0.2, 0.25) is 0 Å². The van der Waals surface area contributed by atoms with Crippen molar-refractivity contribution < 1.29 is 14.0 Å². The number of rotatable bonds is 5. The number of benzene rings is 1. The molecule has 22 heavy (non-hydrogen) atoms. The average molecular weight is 301 g/mol. The number of para-hydroxylation sites is 1. The van der Waals surface area contributed by atoms with Crippen LogP contribution < -0.4 is 5.32 Å². The third-order valence-corrected chi connectivity index (χ3v) is 3.02. The second-order valence-corrected chi connectivity index (χ2v) is 4.76. The molecule has 114 valence electrons. The smallest absolute Gasteiger partial charge is 0.244 e. The number of carbonyl (C=O) groups excluding carboxylic acids is 2. The number of nitrogens with one attached hydrogen (secondary N) is 1. The van der Waals surface area contributed by atoms with E-state index in [1.807, 2.05) is 6.07 Å². The van der Waals surface area contributed by atoms with E-state index in [-0.39, 0.29) is 24.7 Å². The van der Waals surface area contributed by atoms with E-state index in [0.717, 1.165) is 5.56 Å². The van der Waals surface area contributed by atoms with E-state index in [2.05, 4.69) is 10.3 Å². The average Bonchev–Trinajstić information content (AvgIpc) is 2.50. The van der Waals surface area contributed by atoms with Crippen molar-refractivity contribution >= 4 is 17.5 Å². The Morgan fingerprint density at radius 1 is 1.23 bits per heavy atom. The third-order valence-electron chi connectivity index (χ3n) is 3.02. The number of aromatic nitrogens is 1. The molecule has 1 heterocycles. The molecule has 5 nitrogen and oxygen atoms in total. The molecule has 0 spiro atoms. The monoisotopic (exact) mass is 301 g/mol. The second-order valence-electron chi connectivity index (χ2n) is 4.76. The lowest BCUT2D eigenvalue weighted by atomic mass is 10.2. The van der Waals surface area contributed by atoms with Crippen molar-refractivity contribution in [2.24, 2.45) is 0 Å². The zero-order chi connectivity index (χ0) is 15.9. The van der Waals surface area contributed by atoms with Gasteiger partial charge in [-0.2, -0.15) is 0 Å². The number of halogens is 1. The van der Waals surface area contributed by atoms with Crippen LogP contribution >= 0.6 is 0 Å². The number of pyridine rings is 1. The molecule has 0 unspecified atom stereocenters. The number of nitrogens with zero attached hydrogens (tertiary/aromatic N) is 2. The Kier molecular flexibility index (Phi) is 5.19. The van der Waals surface area contributed by atoms with Crippen molar-refractivity contribution in [1.82, 2.24) is 9.88 Å². The van der Waals surface area contributed by atoms with E-state index in [9.17, 15) is 14.0 Å². The minimum atomic E-state index is -0.516. The van der Waals surface area contributed by atoms with Crippen LogP contribution in [0.25, 0.3) is 0 Å². The van der Waals surface area contributed by atoms with Gasteiger partial charge in [-0.25, -0.2) is 4.39 Å². The molecule has 1 aromatic carbocycles. The standard InChI is InChI=1S/C16H16FN3O2/c1-12(21)20(10-13-5-4-8-18-9-13)11-16(22)19-15-7-3-2-6-14(15)17/h2-9H,10-11H2,1H3,(H,19,22). The fourth-order valence-electron chi connectivity index (χ4n) is 1.92. The van der Waals surface area contributed by atoms with Crippen molar-refractivity contribution in [3.05, 3.63) is 60.2 Å². The van der Waals surface area contributed by atoms with Gasteiger partial charge in [0.25, 0.3) is 0 Å². The van der Waals surface area contributed by atoms with Crippen LogP contribution in [-0.2, 0) is 16.1 Å². The predicted molar refractivity (Wildman–Crippen MR) is 80.4 cm³/mol. The van der Waals surface area contributed by atoms with Crippen molar-refractivity contribution in [3.63, 3.8) is 0 Å². The summed E-state index contributed by atoms with van der Waals surface area (Å²) < 4.78 is 13.5. The highest BCUT2D eigenvalue weighted by Gasteiger charge is 2.15. The van der Waals surface area contributed by atoms with Gasteiger partial charge in [0.05, 0.1) is 5.69 Å². The van der Waals surface area contributed by atoms with Gasteiger partial charge >= 0.3 is 0 Å². The number of carbonyl (C=O) groups is 2. The van der Waals surface area contributed by atoms with E-state index >= 15 is 0 Å². The van der Waals surface area contributed by atoms with E-state index in [4.69, 9.17) is 0 Å². The Hall–Kier alpha value is -2.76. The van der Waals surface area contributed by atoms with E-state index < -0.39 is 11.7 Å². The number of amides is 2. The van der Waals surface area contributed by atoms with Crippen LogP contribution in [0.4, 0.5) is 10.1 Å². The highest BCUT2D eigenvalue weighted by Crippen LogP contribution is 2.12. The Bertz CT molecular complexity index is 661. The summed E-state index contributed by atoms with van der Waals surface area (Å²) in [6.07, 6.45) is 3.26. The minimum Gasteiger partial charge on any atom is -0.329 e. The van der Waals surface area contributed by atoms with E-state index in [1.54, 1.807) is 24.5 Å². The lowest BCUT2D eigenvalue weighted by Gasteiger charge is -2.20.